The van der Waals surface area contributed by atoms with Gasteiger partial charge in [0.1, 0.15) is 0 Å². The molecule has 0 saturated heterocycles. The van der Waals surface area contributed by atoms with Crippen LogP contribution in [0.4, 0.5) is 11.9 Å². The maximum atomic E-state index is 12.7. The summed E-state index contributed by atoms with van der Waals surface area (Å²) in [4.78, 5) is 32.4. The van der Waals surface area contributed by atoms with Crippen LogP contribution >= 0.6 is 11.3 Å². The number of hydrogen-bond acceptors (Lipinski definition) is 7. The van der Waals surface area contributed by atoms with Gasteiger partial charge in [0.2, 0.25) is 11.9 Å². The molecule has 33 heavy (non-hydrogen) atoms. The molecule has 3 aromatic heterocycles. The fraction of sp³-hybridized carbons (Fsp3) is 0.115. The third kappa shape index (κ3) is 3.76. The molecule has 1 aliphatic rings. The van der Waals surface area contributed by atoms with E-state index in [9.17, 15) is 4.79 Å². The minimum atomic E-state index is 0.0921. The first-order chi connectivity index (χ1) is 16.2. The van der Waals surface area contributed by atoms with Crippen LogP contribution in [0.3, 0.4) is 0 Å². The van der Waals surface area contributed by atoms with E-state index in [4.69, 9.17) is 4.98 Å². The Bertz CT molecular complexity index is 1470. The highest BCUT2D eigenvalue weighted by Gasteiger charge is 2.28. The Morgan fingerprint density at radius 2 is 1.70 bits per heavy atom. The SMILES string of the molecule is O=C1C[C@@H](c2cccs2)Cc2nc(Nc3nc(-c4ccccc4)c4ccccc4n3)ncc21. The number of nitrogens with zero attached hydrogens (tertiary/aromatic N) is 4. The number of carbonyl (C=O) groups is 1. The van der Waals surface area contributed by atoms with Crippen molar-refractivity contribution in [1.82, 2.24) is 19.9 Å². The number of thiophene rings is 1. The Morgan fingerprint density at radius 1 is 0.848 bits per heavy atom. The van der Waals surface area contributed by atoms with Gasteiger partial charge in [-0.05, 0) is 23.9 Å². The molecule has 5 aromatic rings. The molecule has 0 radical (unpaired) electrons. The summed E-state index contributed by atoms with van der Waals surface area (Å²) in [5.74, 6) is 1.07. The number of rotatable bonds is 4. The van der Waals surface area contributed by atoms with E-state index in [1.807, 2.05) is 66.0 Å². The Labute approximate surface area is 194 Å². The first kappa shape index (κ1) is 19.7. The highest BCUT2D eigenvalue weighted by atomic mass is 32.1. The second-order valence-electron chi connectivity index (χ2n) is 8.00. The number of carbonyl (C=O) groups excluding carboxylic acids is 1. The Hall–Kier alpha value is -3.97. The number of Topliss-reactive ketones (excluding diaryl/α,β-unsaturated/α-hetero) is 1. The lowest BCUT2D eigenvalue weighted by atomic mass is 9.86. The molecule has 0 saturated carbocycles. The van der Waals surface area contributed by atoms with Crippen LogP contribution in [0.15, 0.2) is 78.3 Å². The summed E-state index contributed by atoms with van der Waals surface area (Å²) >= 11 is 1.68. The molecule has 3 heterocycles. The van der Waals surface area contributed by atoms with Crippen molar-refractivity contribution in [3.05, 3.63) is 94.4 Å². The van der Waals surface area contributed by atoms with Crippen molar-refractivity contribution in [3.63, 3.8) is 0 Å². The van der Waals surface area contributed by atoms with Gasteiger partial charge in [-0.3, -0.25) is 10.1 Å². The molecule has 1 atom stereocenters. The fourth-order valence-electron chi connectivity index (χ4n) is 4.28. The zero-order chi connectivity index (χ0) is 22.2. The average molecular weight is 450 g/mol. The van der Waals surface area contributed by atoms with Crippen molar-refractivity contribution in [1.29, 1.82) is 0 Å². The maximum absolute atomic E-state index is 12.7. The van der Waals surface area contributed by atoms with Crippen LogP contribution in [0.1, 0.15) is 33.3 Å². The fourth-order valence-corrected chi connectivity index (χ4v) is 5.11. The summed E-state index contributed by atoms with van der Waals surface area (Å²) in [6.45, 7) is 0. The highest BCUT2D eigenvalue weighted by Crippen LogP contribution is 2.34. The molecular formula is C26H19N5OS. The smallest absolute Gasteiger partial charge is 0.230 e. The molecule has 0 bridgehead atoms. The normalized spacial score (nSPS) is 15.4. The molecule has 1 aliphatic carbocycles. The van der Waals surface area contributed by atoms with Crippen LogP contribution in [0.2, 0.25) is 0 Å². The van der Waals surface area contributed by atoms with Gasteiger partial charge < -0.3 is 0 Å². The zero-order valence-corrected chi connectivity index (χ0v) is 18.4. The number of fused-ring (bicyclic) bond motifs is 2. The molecule has 0 aliphatic heterocycles. The summed E-state index contributed by atoms with van der Waals surface area (Å²) in [6, 6.07) is 22.1. The van der Waals surface area contributed by atoms with Gasteiger partial charge >= 0.3 is 0 Å². The highest BCUT2D eigenvalue weighted by molar-refractivity contribution is 7.10. The predicted octanol–water partition coefficient (Wildman–Crippen LogP) is 5.80. The quantitative estimate of drug-likeness (QED) is 0.373. The average Bonchev–Trinajstić information content (AvgIpc) is 3.39. The summed E-state index contributed by atoms with van der Waals surface area (Å²) < 4.78 is 0. The van der Waals surface area contributed by atoms with E-state index in [1.54, 1.807) is 17.5 Å². The molecule has 0 amide bonds. The molecular weight excluding hydrogens is 430 g/mol. The number of anilines is 2. The van der Waals surface area contributed by atoms with Crippen LogP contribution in [-0.2, 0) is 6.42 Å². The van der Waals surface area contributed by atoms with Crippen molar-refractivity contribution < 1.29 is 4.79 Å². The molecule has 2 aromatic carbocycles. The van der Waals surface area contributed by atoms with Crippen molar-refractivity contribution in [2.45, 2.75) is 18.8 Å². The minimum Gasteiger partial charge on any atom is -0.294 e. The van der Waals surface area contributed by atoms with Gasteiger partial charge in [-0.2, -0.15) is 0 Å². The predicted molar refractivity (Wildman–Crippen MR) is 130 cm³/mol. The zero-order valence-electron chi connectivity index (χ0n) is 17.6. The molecule has 160 valence electrons. The Kier molecular flexibility index (Phi) is 4.88. The molecule has 0 fully saturated rings. The molecule has 1 N–H and O–H groups in total. The van der Waals surface area contributed by atoms with Crippen LogP contribution in [0.5, 0.6) is 0 Å². The number of aromatic nitrogens is 4. The summed E-state index contributed by atoms with van der Waals surface area (Å²) in [7, 11) is 0. The van der Waals surface area contributed by atoms with Crippen LogP contribution in [-0.4, -0.2) is 25.7 Å². The topological polar surface area (TPSA) is 80.7 Å². The maximum Gasteiger partial charge on any atom is 0.230 e. The van der Waals surface area contributed by atoms with E-state index in [-0.39, 0.29) is 11.7 Å². The molecule has 6 nitrogen and oxygen atoms in total. The van der Waals surface area contributed by atoms with Crippen LogP contribution in [0.25, 0.3) is 22.2 Å². The van der Waals surface area contributed by atoms with E-state index in [1.165, 1.54) is 4.88 Å². The summed E-state index contributed by atoms with van der Waals surface area (Å²) in [5, 5.41) is 6.19. The summed E-state index contributed by atoms with van der Waals surface area (Å²) in [6.07, 6.45) is 2.83. The second-order valence-corrected chi connectivity index (χ2v) is 8.98. The Morgan fingerprint density at radius 3 is 2.55 bits per heavy atom. The lowest BCUT2D eigenvalue weighted by molar-refractivity contribution is 0.0963. The standard InChI is InChI=1S/C26H19N5OS/c32-22-14-17(23-11-6-12-33-23)13-21-19(22)15-27-25(29-21)31-26-28-20-10-5-4-9-18(20)24(30-26)16-7-2-1-3-8-16/h1-12,15,17H,13-14H2,(H,27,28,29,30,31)/t17-/m0/s1. The summed E-state index contributed by atoms with van der Waals surface area (Å²) in [5.41, 5.74) is 4.06. The van der Waals surface area contributed by atoms with Gasteiger partial charge in [-0.1, -0.05) is 54.6 Å². The van der Waals surface area contributed by atoms with E-state index in [0.717, 1.165) is 27.9 Å². The second kappa shape index (κ2) is 8.18. The lowest BCUT2D eigenvalue weighted by Gasteiger charge is -2.22. The van der Waals surface area contributed by atoms with Gasteiger partial charge in [0.25, 0.3) is 0 Å². The van der Waals surface area contributed by atoms with Crippen molar-refractivity contribution >= 4 is 39.9 Å². The van der Waals surface area contributed by atoms with Crippen molar-refractivity contribution in [3.8, 4) is 11.3 Å². The third-order valence-electron chi connectivity index (χ3n) is 5.86. The molecule has 0 spiro atoms. The third-order valence-corrected chi connectivity index (χ3v) is 6.89. The first-order valence-corrected chi connectivity index (χ1v) is 11.6. The number of nitrogens with one attached hydrogen (secondary N) is 1. The lowest BCUT2D eigenvalue weighted by Crippen LogP contribution is -2.20. The number of para-hydroxylation sites is 1. The van der Waals surface area contributed by atoms with E-state index in [0.29, 0.717) is 30.3 Å². The van der Waals surface area contributed by atoms with Gasteiger partial charge in [0, 0.05) is 34.4 Å². The van der Waals surface area contributed by atoms with Gasteiger partial charge in [0.15, 0.2) is 5.78 Å². The van der Waals surface area contributed by atoms with Gasteiger partial charge in [-0.25, -0.2) is 19.9 Å². The van der Waals surface area contributed by atoms with E-state index >= 15 is 0 Å². The first-order valence-electron chi connectivity index (χ1n) is 10.8. The van der Waals surface area contributed by atoms with Gasteiger partial charge in [0.05, 0.1) is 22.5 Å². The van der Waals surface area contributed by atoms with E-state index in [2.05, 4.69) is 26.3 Å². The molecule has 0 unspecified atom stereocenters. The Balaban J connectivity index is 1.37. The van der Waals surface area contributed by atoms with Crippen LogP contribution < -0.4 is 5.32 Å². The molecule has 6 rings (SSSR count). The monoisotopic (exact) mass is 449 g/mol. The van der Waals surface area contributed by atoms with Crippen molar-refractivity contribution in [2.24, 2.45) is 0 Å². The number of ketones is 1. The minimum absolute atomic E-state index is 0.0921. The van der Waals surface area contributed by atoms with E-state index < -0.39 is 0 Å². The number of benzene rings is 2. The van der Waals surface area contributed by atoms with Gasteiger partial charge in [-0.15, -0.1) is 11.3 Å². The molecule has 7 heteroatoms. The van der Waals surface area contributed by atoms with Crippen LogP contribution in [0, 0.1) is 0 Å². The number of hydrogen-bond donors (Lipinski definition) is 1. The van der Waals surface area contributed by atoms with Crippen molar-refractivity contribution in [2.75, 3.05) is 5.32 Å². The largest absolute Gasteiger partial charge is 0.294 e.